The largest absolute Gasteiger partial charge is 0.314 e. The van der Waals surface area contributed by atoms with Gasteiger partial charge < -0.3 is 5.32 Å². The monoisotopic (exact) mass is 332 g/mol. The Balaban J connectivity index is 2.01. The first kappa shape index (κ1) is 14.0. The van der Waals surface area contributed by atoms with Crippen molar-refractivity contribution in [1.29, 1.82) is 0 Å². The average molecular weight is 333 g/mol. The van der Waals surface area contributed by atoms with E-state index in [1.807, 2.05) is 6.07 Å². The number of halogens is 1. The SMILES string of the molecule is O=S(=O)(CCN1CCNCC1)c1ccccc1Br. The molecule has 100 valence electrons. The quantitative estimate of drug-likeness (QED) is 0.897. The molecule has 1 aromatic rings. The van der Waals surface area contributed by atoms with Crippen LogP contribution in [0.5, 0.6) is 0 Å². The minimum Gasteiger partial charge on any atom is -0.314 e. The summed E-state index contributed by atoms with van der Waals surface area (Å²) in [7, 11) is -3.20. The molecule has 1 aliphatic rings. The van der Waals surface area contributed by atoms with Gasteiger partial charge in [0.15, 0.2) is 9.84 Å². The second kappa shape index (κ2) is 6.14. The molecule has 1 aliphatic heterocycles. The van der Waals surface area contributed by atoms with Crippen molar-refractivity contribution in [2.75, 3.05) is 38.5 Å². The van der Waals surface area contributed by atoms with Crippen molar-refractivity contribution in [1.82, 2.24) is 10.2 Å². The van der Waals surface area contributed by atoms with Gasteiger partial charge in [0.1, 0.15) is 0 Å². The number of hydrogen-bond donors (Lipinski definition) is 1. The van der Waals surface area contributed by atoms with Gasteiger partial charge >= 0.3 is 0 Å². The summed E-state index contributed by atoms with van der Waals surface area (Å²) in [6, 6.07) is 6.98. The smallest absolute Gasteiger partial charge is 0.180 e. The zero-order chi connectivity index (χ0) is 13.0. The molecule has 1 N–H and O–H groups in total. The van der Waals surface area contributed by atoms with Gasteiger partial charge in [0.25, 0.3) is 0 Å². The predicted molar refractivity (Wildman–Crippen MR) is 75.5 cm³/mol. The average Bonchev–Trinajstić information content (AvgIpc) is 2.38. The lowest BCUT2D eigenvalue weighted by molar-refractivity contribution is 0.254. The third-order valence-corrected chi connectivity index (χ3v) is 5.76. The van der Waals surface area contributed by atoms with Crippen LogP contribution < -0.4 is 5.32 Å². The van der Waals surface area contributed by atoms with Gasteiger partial charge in [-0.05, 0) is 28.1 Å². The van der Waals surface area contributed by atoms with Crippen molar-refractivity contribution in [2.24, 2.45) is 0 Å². The van der Waals surface area contributed by atoms with Crippen molar-refractivity contribution in [3.63, 3.8) is 0 Å². The summed E-state index contributed by atoms with van der Waals surface area (Å²) < 4.78 is 25.1. The molecule has 1 aromatic carbocycles. The van der Waals surface area contributed by atoms with E-state index in [9.17, 15) is 8.42 Å². The normalized spacial score (nSPS) is 17.8. The fourth-order valence-corrected chi connectivity index (χ4v) is 4.39. The number of benzene rings is 1. The molecule has 6 heteroatoms. The van der Waals surface area contributed by atoms with Crippen molar-refractivity contribution in [3.8, 4) is 0 Å². The Kier molecular flexibility index (Phi) is 4.77. The van der Waals surface area contributed by atoms with Crippen LogP contribution in [0.15, 0.2) is 33.6 Å². The van der Waals surface area contributed by atoms with Crippen LogP contribution in [0, 0.1) is 0 Å². The second-order valence-corrected chi connectivity index (χ2v) is 7.27. The summed E-state index contributed by atoms with van der Waals surface area (Å²) in [5.41, 5.74) is 0. The summed E-state index contributed by atoms with van der Waals surface area (Å²) in [6.07, 6.45) is 0. The van der Waals surface area contributed by atoms with E-state index in [1.165, 1.54) is 0 Å². The third-order valence-electron chi connectivity index (χ3n) is 3.06. The van der Waals surface area contributed by atoms with Gasteiger partial charge in [0, 0.05) is 37.2 Å². The van der Waals surface area contributed by atoms with E-state index in [0.717, 1.165) is 26.2 Å². The van der Waals surface area contributed by atoms with Crippen LogP contribution in [0.25, 0.3) is 0 Å². The van der Waals surface area contributed by atoms with Crippen LogP contribution in [-0.4, -0.2) is 51.8 Å². The van der Waals surface area contributed by atoms with Crippen LogP contribution in [0.2, 0.25) is 0 Å². The molecule has 2 rings (SSSR count). The van der Waals surface area contributed by atoms with E-state index >= 15 is 0 Å². The van der Waals surface area contributed by atoms with E-state index in [2.05, 4.69) is 26.1 Å². The Hall–Kier alpha value is -0.430. The molecule has 0 saturated carbocycles. The van der Waals surface area contributed by atoms with Gasteiger partial charge in [-0.1, -0.05) is 12.1 Å². The lowest BCUT2D eigenvalue weighted by atomic mass is 10.4. The third kappa shape index (κ3) is 3.54. The highest BCUT2D eigenvalue weighted by Gasteiger charge is 2.19. The van der Waals surface area contributed by atoms with Crippen LogP contribution in [-0.2, 0) is 9.84 Å². The minimum atomic E-state index is -3.20. The van der Waals surface area contributed by atoms with E-state index in [4.69, 9.17) is 0 Å². The Morgan fingerprint density at radius 2 is 1.89 bits per heavy atom. The topological polar surface area (TPSA) is 49.4 Å². The fraction of sp³-hybridized carbons (Fsp3) is 0.500. The molecule has 0 unspecified atom stereocenters. The van der Waals surface area contributed by atoms with Gasteiger partial charge in [-0.2, -0.15) is 0 Å². The lowest BCUT2D eigenvalue weighted by Crippen LogP contribution is -2.45. The number of nitrogens with one attached hydrogen (secondary N) is 1. The number of rotatable bonds is 4. The Bertz CT molecular complexity index is 499. The van der Waals surface area contributed by atoms with Crippen molar-refractivity contribution in [2.45, 2.75) is 4.90 Å². The Labute approximate surface area is 116 Å². The fourth-order valence-electron chi connectivity index (χ4n) is 1.99. The summed E-state index contributed by atoms with van der Waals surface area (Å²) in [6.45, 7) is 4.33. The summed E-state index contributed by atoms with van der Waals surface area (Å²) >= 11 is 3.30. The Morgan fingerprint density at radius 1 is 1.22 bits per heavy atom. The molecule has 0 aromatic heterocycles. The second-order valence-electron chi connectivity index (χ2n) is 4.34. The molecule has 0 aliphatic carbocycles. The summed E-state index contributed by atoms with van der Waals surface area (Å²) in [5.74, 6) is 0.176. The van der Waals surface area contributed by atoms with Crippen LogP contribution in [0.1, 0.15) is 0 Å². The number of nitrogens with zero attached hydrogens (tertiary/aromatic N) is 1. The van der Waals surface area contributed by atoms with Crippen LogP contribution >= 0.6 is 15.9 Å². The summed E-state index contributed by atoms with van der Waals surface area (Å²) in [4.78, 5) is 2.57. The van der Waals surface area contributed by atoms with Gasteiger partial charge in [0.2, 0.25) is 0 Å². The number of sulfone groups is 1. The lowest BCUT2D eigenvalue weighted by Gasteiger charge is -2.26. The molecule has 0 amide bonds. The maximum Gasteiger partial charge on any atom is 0.180 e. The number of hydrogen-bond acceptors (Lipinski definition) is 4. The highest BCUT2D eigenvalue weighted by Crippen LogP contribution is 2.22. The molecule has 0 bridgehead atoms. The molecule has 4 nitrogen and oxygen atoms in total. The molecule has 0 radical (unpaired) electrons. The van der Waals surface area contributed by atoms with E-state index in [1.54, 1.807) is 18.2 Å². The van der Waals surface area contributed by atoms with Gasteiger partial charge in [-0.3, -0.25) is 4.90 Å². The van der Waals surface area contributed by atoms with Gasteiger partial charge in [0.05, 0.1) is 10.6 Å². The maximum atomic E-state index is 12.2. The van der Waals surface area contributed by atoms with Crippen molar-refractivity contribution >= 4 is 25.8 Å². The highest BCUT2D eigenvalue weighted by molar-refractivity contribution is 9.10. The molecular weight excluding hydrogens is 316 g/mol. The van der Waals surface area contributed by atoms with Crippen molar-refractivity contribution < 1.29 is 8.42 Å². The van der Waals surface area contributed by atoms with E-state index in [0.29, 0.717) is 15.9 Å². The molecular formula is C12H17BrN2O2S. The van der Waals surface area contributed by atoms with E-state index < -0.39 is 9.84 Å². The van der Waals surface area contributed by atoms with E-state index in [-0.39, 0.29) is 5.75 Å². The molecule has 1 fully saturated rings. The Morgan fingerprint density at radius 3 is 2.56 bits per heavy atom. The first-order chi connectivity index (χ1) is 8.59. The molecule has 0 atom stereocenters. The minimum absolute atomic E-state index is 0.176. The maximum absolute atomic E-state index is 12.2. The van der Waals surface area contributed by atoms with Gasteiger partial charge in [-0.25, -0.2) is 8.42 Å². The molecule has 1 heterocycles. The van der Waals surface area contributed by atoms with Crippen LogP contribution in [0.4, 0.5) is 0 Å². The number of piperazine rings is 1. The summed E-state index contributed by atoms with van der Waals surface area (Å²) in [5, 5.41) is 3.25. The molecule has 1 saturated heterocycles. The molecule has 0 spiro atoms. The molecule has 18 heavy (non-hydrogen) atoms. The zero-order valence-electron chi connectivity index (χ0n) is 10.1. The van der Waals surface area contributed by atoms with Crippen molar-refractivity contribution in [3.05, 3.63) is 28.7 Å². The first-order valence-corrected chi connectivity index (χ1v) is 8.44. The van der Waals surface area contributed by atoms with Gasteiger partial charge in [-0.15, -0.1) is 0 Å². The highest BCUT2D eigenvalue weighted by atomic mass is 79.9. The predicted octanol–water partition coefficient (Wildman–Crippen LogP) is 1.13. The first-order valence-electron chi connectivity index (χ1n) is 6.00. The standard InChI is InChI=1S/C12H17BrN2O2S/c13-11-3-1-2-4-12(11)18(16,17)10-9-15-7-5-14-6-8-15/h1-4,14H,5-10H2. The zero-order valence-corrected chi connectivity index (χ0v) is 12.5. The van der Waals surface area contributed by atoms with Crippen LogP contribution in [0.3, 0.4) is 0 Å².